The van der Waals surface area contributed by atoms with Gasteiger partial charge in [-0.05, 0) is 69.1 Å². The van der Waals surface area contributed by atoms with E-state index in [9.17, 15) is 4.39 Å². The molecule has 6 rings (SSSR count). The molecule has 0 radical (unpaired) electrons. The van der Waals surface area contributed by atoms with Gasteiger partial charge in [0.05, 0.1) is 24.8 Å². The fraction of sp³-hybridized carbons (Fsp3) is 0.370. The lowest BCUT2D eigenvalue weighted by Crippen LogP contribution is -2.45. The second-order valence-electron chi connectivity index (χ2n) is 9.62. The van der Waals surface area contributed by atoms with E-state index >= 15 is 0 Å². The summed E-state index contributed by atoms with van der Waals surface area (Å²) in [4.78, 5) is 11.8. The highest BCUT2D eigenvalue weighted by Crippen LogP contribution is 2.36. The highest BCUT2D eigenvalue weighted by atomic mass is 19.1. The molecule has 1 saturated heterocycles. The van der Waals surface area contributed by atoms with Crippen molar-refractivity contribution in [2.45, 2.75) is 44.7 Å². The number of hydrogen-bond donors (Lipinski definition) is 1. The first-order valence-electron chi connectivity index (χ1n) is 12.5. The number of ether oxygens (including phenoxy) is 1. The van der Waals surface area contributed by atoms with Crippen molar-refractivity contribution in [3.05, 3.63) is 77.9 Å². The Morgan fingerprint density at radius 3 is 2.61 bits per heavy atom. The molecule has 186 valence electrons. The van der Waals surface area contributed by atoms with Crippen LogP contribution in [0.4, 0.5) is 16.0 Å². The maximum Gasteiger partial charge on any atom is 0.246 e. The average molecular weight is 488 g/mol. The lowest BCUT2D eigenvalue weighted by atomic mass is 9.89. The van der Waals surface area contributed by atoms with Crippen molar-refractivity contribution in [3.63, 3.8) is 0 Å². The van der Waals surface area contributed by atoms with Crippen LogP contribution in [0.5, 0.6) is 5.75 Å². The molecule has 9 heteroatoms. The van der Waals surface area contributed by atoms with E-state index in [0.717, 1.165) is 66.7 Å². The molecule has 2 aromatic heterocycles. The van der Waals surface area contributed by atoms with E-state index in [-0.39, 0.29) is 11.7 Å². The van der Waals surface area contributed by atoms with E-state index < -0.39 is 0 Å². The fourth-order valence-electron chi connectivity index (χ4n) is 5.26. The number of nitrogens with one attached hydrogen (secondary N) is 1. The van der Waals surface area contributed by atoms with Crippen LogP contribution >= 0.6 is 0 Å². The molecule has 2 aliphatic rings. The van der Waals surface area contributed by atoms with Gasteiger partial charge in [0.2, 0.25) is 5.95 Å². The van der Waals surface area contributed by atoms with E-state index in [1.165, 1.54) is 18.6 Å². The number of anilines is 2. The minimum Gasteiger partial charge on any atom is -0.494 e. The quantitative estimate of drug-likeness (QED) is 0.426. The molecule has 0 spiro atoms. The molecule has 2 atom stereocenters. The van der Waals surface area contributed by atoms with Crippen molar-refractivity contribution < 1.29 is 9.13 Å². The van der Waals surface area contributed by atoms with Crippen LogP contribution in [0.1, 0.15) is 42.3 Å². The molecule has 4 aromatic rings. The zero-order valence-corrected chi connectivity index (χ0v) is 20.6. The summed E-state index contributed by atoms with van der Waals surface area (Å²) < 4.78 is 23.3. The molecule has 1 N–H and O–H groups in total. The first-order valence-corrected chi connectivity index (χ1v) is 12.5. The summed E-state index contributed by atoms with van der Waals surface area (Å²) in [6, 6.07) is 13.2. The summed E-state index contributed by atoms with van der Waals surface area (Å²) >= 11 is 0. The van der Waals surface area contributed by atoms with Gasteiger partial charge in [-0.2, -0.15) is 4.98 Å². The maximum absolute atomic E-state index is 13.7. The smallest absolute Gasteiger partial charge is 0.246 e. The van der Waals surface area contributed by atoms with Crippen LogP contribution in [0.2, 0.25) is 0 Å². The van der Waals surface area contributed by atoms with E-state index in [4.69, 9.17) is 14.8 Å². The van der Waals surface area contributed by atoms with Crippen molar-refractivity contribution in [2.24, 2.45) is 0 Å². The highest BCUT2D eigenvalue weighted by molar-refractivity contribution is 5.62. The van der Waals surface area contributed by atoms with Gasteiger partial charge < -0.3 is 19.5 Å². The van der Waals surface area contributed by atoms with E-state index in [0.29, 0.717) is 12.0 Å². The summed E-state index contributed by atoms with van der Waals surface area (Å²) in [5.74, 6) is 2.03. The average Bonchev–Trinajstić information content (AvgIpc) is 3.41. The fourth-order valence-corrected chi connectivity index (χ4v) is 5.26. The van der Waals surface area contributed by atoms with Crippen molar-refractivity contribution in [2.75, 3.05) is 25.5 Å². The highest BCUT2D eigenvalue weighted by Gasteiger charge is 2.33. The molecule has 36 heavy (non-hydrogen) atoms. The molecule has 0 amide bonds. The Morgan fingerprint density at radius 1 is 1.08 bits per heavy atom. The molecule has 4 heterocycles. The SMILES string of the molecule is COc1cc(Nc2nc3n(n2)CCC(N2CCC2)CC3c2ccc(F)cc2)ccc1-n1cnc(C)c1. The number of methoxy groups -OCH3 is 1. The van der Waals surface area contributed by atoms with Gasteiger partial charge in [-0.1, -0.05) is 12.1 Å². The largest absolute Gasteiger partial charge is 0.494 e. The van der Waals surface area contributed by atoms with Gasteiger partial charge in [-0.25, -0.2) is 14.1 Å². The van der Waals surface area contributed by atoms with Crippen LogP contribution in [0.15, 0.2) is 55.0 Å². The predicted octanol–water partition coefficient (Wildman–Crippen LogP) is 4.66. The van der Waals surface area contributed by atoms with E-state index in [1.54, 1.807) is 13.4 Å². The van der Waals surface area contributed by atoms with Gasteiger partial charge in [0.25, 0.3) is 0 Å². The predicted molar refractivity (Wildman–Crippen MR) is 136 cm³/mol. The first-order chi connectivity index (χ1) is 17.6. The van der Waals surface area contributed by atoms with Crippen molar-refractivity contribution >= 4 is 11.6 Å². The molecule has 0 saturated carbocycles. The number of aryl methyl sites for hydroxylation is 2. The first kappa shape index (κ1) is 22.7. The van der Waals surface area contributed by atoms with Crippen molar-refractivity contribution in [3.8, 4) is 11.4 Å². The van der Waals surface area contributed by atoms with E-state index in [1.807, 2.05) is 52.7 Å². The summed E-state index contributed by atoms with van der Waals surface area (Å²) in [5, 5.41) is 8.18. The number of nitrogens with zero attached hydrogens (tertiary/aromatic N) is 6. The summed E-state index contributed by atoms with van der Waals surface area (Å²) in [6.45, 7) is 5.07. The molecule has 1 fully saturated rings. The monoisotopic (exact) mass is 487 g/mol. The van der Waals surface area contributed by atoms with Gasteiger partial charge in [0.15, 0.2) is 0 Å². The third-order valence-electron chi connectivity index (χ3n) is 7.30. The Labute approximate surface area is 209 Å². The third kappa shape index (κ3) is 4.35. The van der Waals surface area contributed by atoms with Crippen LogP contribution in [0.3, 0.4) is 0 Å². The van der Waals surface area contributed by atoms with Crippen LogP contribution < -0.4 is 10.1 Å². The van der Waals surface area contributed by atoms with Crippen molar-refractivity contribution in [1.29, 1.82) is 0 Å². The number of fused-ring (bicyclic) bond motifs is 1. The third-order valence-corrected chi connectivity index (χ3v) is 7.30. The van der Waals surface area contributed by atoms with Crippen LogP contribution in [-0.2, 0) is 6.54 Å². The molecular formula is C27H30FN7O. The zero-order chi connectivity index (χ0) is 24.6. The topological polar surface area (TPSA) is 73.0 Å². The van der Waals surface area contributed by atoms with E-state index in [2.05, 4.69) is 15.2 Å². The molecule has 8 nitrogen and oxygen atoms in total. The number of halogens is 1. The Balaban J connectivity index is 1.29. The number of aromatic nitrogens is 5. The molecule has 0 bridgehead atoms. The number of likely N-dealkylation sites (tertiary alicyclic amines) is 1. The molecule has 0 aliphatic carbocycles. The maximum atomic E-state index is 13.7. The second-order valence-corrected chi connectivity index (χ2v) is 9.62. The number of rotatable bonds is 6. The minimum atomic E-state index is -0.223. The Bertz CT molecular complexity index is 1360. The minimum absolute atomic E-state index is 0.0585. The summed E-state index contributed by atoms with van der Waals surface area (Å²) in [7, 11) is 1.66. The van der Waals surface area contributed by atoms with Gasteiger partial charge in [-0.15, -0.1) is 5.10 Å². The lowest BCUT2D eigenvalue weighted by Gasteiger charge is -2.39. The molecular weight excluding hydrogens is 457 g/mol. The zero-order valence-electron chi connectivity index (χ0n) is 20.6. The van der Waals surface area contributed by atoms with Crippen LogP contribution in [0.25, 0.3) is 5.69 Å². The van der Waals surface area contributed by atoms with Gasteiger partial charge in [0, 0.05) is 36.5 Å². The number of benzene rings is 2. The summed E-state index contributed by atoms with van der Waals surface area (Å²) in [6.07, 6.45) is 6.98. The Kier molecular flexibility index (Phi) is 5.92. The van der Waals surface area contributed by atoms with Gasteiger partial charge in [-0.3, -0.25) is 0 Å². The van der Waals surface area contributed by atoms with Crippen LogP contribution in [-0.4, -0.2) is 55.5 Å². The summed E-state index contributed by atoms with van der Waals surface area (Å²) in [5.41, 5.74) is 3.76. The molecule has 2 aliphatic heterocycles. The van der Waals surface area contributed by atoms with Gasteiger partial charge >= 0.3 is 0 Å². The molecule has 2 unspecified atom stereocenters. The molecule has 2 aromatic carbocycles. The van der Waals surface area contributed by atoms with Gasteiger partial charge in [0.1, 0.15) is 17.4 Å². The van der Waals surface area contributed by atoms with Crippen molar-refractivity contribution in [1.82, 2.24) is 29.2 Å². The Morgan fingerprint density at radius 2 is 1.92 bits per heavy atom. The normalized spacial score (nSPS) is 19.9. The number of imidazole rings is 1. The second kappa shape index (κ2) is 9.39. The van der Waals surface area contributed by atoms with Crippen LogP contribution in [0, 0.1) is 12.7 Å². The standard InChI is InChI=1S/C27H30FN7O/c1-18-16-34(17-29-18)24-9-8-21(14-25(24)36-2)30-27-31-26-23(19-4-6-20(28)7-5-19)15-22(33-11-3-12-33)10-13-35(26)32-27/h4-9,14,16-17,22-23H,3,10-13,15H2,1-2H3,(H,30,32). The lowest BCUT2D eigenvalue weighted by molar-refractivity contribution is 0.103. The number of hydrogen-bond acceptors (Lipinski definition) is 6. The Hall–Kier alpha value is -3.72.